The van der Waals surface area contributed by atoms with Gasteiger partial charge in [-0.05, 0) is 75.0 Å². The minimum Gasteiger partial charge on any atom is -0.254 e. The molecule has 0 aliphatic rings. The van der Waals surface area contributed by atoms with Gasteiger partial charge >= 0.3 is 0 Å². The van der Waals surface area contributed by atoms with Gasteiger partial charge in [-0.25, -0.2) is 0 Å². The number of pyridine rings is 2. The number of allylic oxidation sites excluding steroid dienone is 1. The van der Waals surface area contributed by atoms with Crippen LogP contribution in [0, 0.1) is 0 Å². The average molecular weight is 413 g/mol. The molecule has 0 radical (unpaired) electrons. The first kappa shape index (κ1) is 19.9. The maximum atomic E-state index is 4.72. The van der Waals surface area contributed by atoms with Crippen LogP contribution in [0.2, 0.25) is 0 Å². The van der Waals surface area contributed by atoms with Crippen molar-refractivity contribution in [1.82, 2.24) is 9.97 Å². The van der Waals surface area contributed by atoms with Gasteiger partial charge < -0.3 is 0 Å². The summed E-state index contributed by atoms with van der Waals surface area (Å²) in [5, 5.41) is 6.22. The summed E-state index contributed by atoms with van der Waals surface area (Å²) < 4.78 is 0. The van der Waals surface area contributed by atoms with E-state index in [1.807, 2.05) is 43.6 Å². The lowest BCUT2D eigenvalue weighted by Crippen LogP contribution is -2.03. The fourth-order valence-corrected chi connectivity index (χ4v) is 4.37. The summed E-state index contributed by atoms with van der Waals surface area (Å²) >= 11 is 0. The van der Waals surface area contributed by atoms with Gasteiger partial charge in [0.1, 0.15) is 0 Å². The molecular weight excluding hydrogens is 388 g/mol. The third kappa shape index (κ3) is 3.21. The molecular formula is C30H24N2. The van der Waals surface area contributed by atoms with Crippen molar-refractivity contribution < 1.29 is 0 Å². The van der Waals surface area contributed by atoms with Crippen LogP contribution < -0.4 is 5.22 Å². The third-order valence-electron chi connectivity index (χ3n) is 6.10. The summed E-state index contributed by atoms with van der Waals surface area (Å²) in [6.07, 6.45) is 7.90. The lowest BCUT2D eigenvalue weighted by atomic mass is 9.90. The van der Waals surface area contributed by atoms with Crippen LogP contribution >= 0.6 is 0 Å². The molecule has 0 N–H and O–H groups in total. The lowest BCUT2D eigenvalue weighted by molar-refractivity contribution is 1.24. The minimum absolute atomic E-state index is 0.858. The van der Waals surface area contributed by atoms with Crippen molar-refractivity contribution in [2.45, 2.75) is 13.8 Å². The van der Waals surface area contributed by atoms with Gasteiger partial charge in [-0.15, -0.1) is 0 Å². The van der Waals surface area contributed by atoms with Crippen molar-refractivity contribution in [2.24, 2.45) is 0 Å². The predicted molar refractivity (Wildman–Crippen MR) is 138 cm³/mol. The van der Waals surface area contributed by atoms with Crippen molar-refractivity contribution >= 4 is 39.3 Å². The van der Waals surface area contributed by atoms with Crippen LogP contribution in [0.1, 0.15) is 25.0 Å². The van der Waals surface area contributed by atoms with Gasteiger partial charge in [0.05, 0.1) is 11.4 Å². The Kier molecular flexibility index (Phi) is 4.91. The highest BCUT2D eigenvalue weighted by Gasteiger charge is 2.12. The highest BCUT2D eigenvalue weighted by atomic mass is 14.8. The Morgan fingerprint density at radius 1 is 0.812 bits per heavy atom. The van der Waals surface area contributed by atoms with Crippen molar-refractivity contribution in [2.75, 3.05) is 0 Å². The SMILES string of the molecule is C=Cc1ccc2c(-c3ccc(-c4ccc(C(=C)C)cn4)nc3)ccc3cc/c(=C/C)c1c32. The molecule has 32 heavy (non-hydrogen) atoms. The van der Waals surface area contributed by atoms with E-state index < -0.39 is 0 Å². The van der Waals surface area contributed by atoms with E-state index >= 15 is 0 Å². The number of rotatable bonds is 4. The molecule has 0 fully saturated rings. The van der Waals surface area contributed by atoms with E-state index in [2.05, 4.69) is 73.6 Å². The zero-order valence-corrected chi connectivity index (χ0v) is 18.4. The van der Waals surface area contributed by atoms with E-state index in [1.54, 1.807) is 0 Å². The van der Waals surface area contributed by atoms with E-state index in [1.165, 1.54) is 32.3 Å². The van der Waals surface area contributed by atoms with Gasteiger partial charge in [0, 0.05) is 18.0 Å². The summed E-state index contributed by atoms with van der Waals surface area (Å²) in [6.45, 7) is 12.1. The molecule has 0 atom stereocenters. The first-order valence-corrected chi connectivity index (χ1v) is 10.8. The van der Waals surface area contributed by atoms with Gasteiger partial charge in [0.25, 0.3) is 0 Å². The van der Waals surface area contributed by atoms with Crippen molar-refractivity contribution in [3.63, 3.8) is 0 Å². The average Bonchev–Trinajstić information content (AvgIpc) is 2.85. The standard InChI is InChI=1S/C30H24N2/c1-5-20-7-8-22-10-13-25(26-14-9-21(6-2)29(20)30(22)26)24-12-16-28(32-18-24)27-15-11-23(17-31-27)19(3)4/h5-18H,2-3H2,1,4H3/b20-5-. The van der Waals surface area contributed by atoms with Gasteiger partial charge in [-0.1, -0.05) is 73.8 Å². The second kappa shape index (κ2) is 7.90. The van der Waals surface area contributed by atoms with Gasteiger partial charge in [0.2, 0.25) is 0 Å². The molecule has 3 aromatic carbocycles. The summed E-state index contributed by atoms with van der Waals surface area (Å²) in [5.74, 6) is 0. The molecule has 0 bridgehead atoms. The summed E-state index contributed by atoms with van der Waals surface area (Å²) in [6, 6.07) is 21.3. The van der Waals surface area contributed by atoms with Crippen LogP contribution in [-0.4, -0.2) is 9.97 Å². The van der Waals surface area contributed by atoms with E-state index in [0.717, 1.165) is 33.7 Å². The first-order chi connectivity index (χ1) is 15.6. The second-order valence-corrected chi connectivity index (χ2v) is 8.08. The third-order valence-corrected chi connectivity index (χ3v) is 6.10. The Labute approximate surface area is 188 Å². The van der Waals surface area contributed by atoms with Crippen molar-refractivity contribution in [3.05, 3.63) is 103 Å². The van der Waals surface area contributed by atoms with Gasteiger partial charge in [-0.2, -0.15) is 0 Å². The largest absolute Gasteiger partial charge is 0.254 e. The Hall–Kier alpha value is -4.04. The van der Waals surface area contributed by atoms with Crippen LogP contribution in [0.25, 0.3) is 61.8 Å². The summed E-state index contributed by atoms with van der Waals surface area (Å²) in [5.41, 5.74) is 7.19. The molecule has 2 nitrogen and oxygen atoms in total. The molecule has 0 aliphatic carbocycles. The number of hydrogen-bond acceptors (Lipinski definition) is 2. The molecule has 0 saturated carbocycles. The van der Waals surface area contributed by atoms with Crippen LogP contribution in [0.5, 0.6) is 0 Å². The lowest BCUT2D eigenvalue weighted by Gasteiger charge is -2.14. The Bertz CT molecular complexity index is 1540. The maximum Gasteiger partial charge on any atom is 0.0886 e. The van der Waals surface area contributed by atoms with Crippen LogP contribution in [0.3, 0.4) is 0 Å². The quantitative estimate of drug-likeness (QED) is 0.309. The van der Waals surface area contributed by atoms with Crippen molar-refractivity contribution in [1.29, 1.82) is 0 Å². The van der Waals surface area contributed by atoms with E-state index in [4.69, 9.17) is 4.98 Å². The molecule has 154 valence electrons. The number of nitrogens with zero attached hydrogens (tertiary/aromatic N) is 2. The van der Waals surface area contributed by atoms with Crippen LogP contribution in [0.4, 0.5) is 0 Å². The Balaban J connectivity index is 1.65. The van der Waals surface area contributed by atoms with E-state index in [0.29, 0.717) is 0 Å². The molecule has 2 aromatic heterocycles. The second-order valence-electron chi connectivity index (χ2n) is 8.08. The van der Waals surface area contributed by atoms with Crippen molar-refractivity contribution in [3.8, 4) is 22.5 Å². The highest BCUT2D eigenvalue weighted by molar-refractivity contribution is 6.17. The molecule has 5 aromatic rings. The van der Waals surface area contributed by atoms with Crippen LogP contribution in [-0.2, 0) is 0 Å². The monoisotopic (exact) mass is 412 g/mol. The Morgan fingerprint density at radius 2 is 1.56 bits per heavy atom. The Morgan fingerprint density at radius 3 is 2.19 bits per heavy atom. The molecule has 2 heteroatoms. The van der Waals surface area contributed by atoms with E-state index in [-0.39, 0.29) is 0 Å². The minimum atomic E-state index is 0.858. The number of aromatic nitrogens is 2. The summed E-state index contributed by atoms with van der Waals surface area (Å²) in [4.78, 5) is 9.28. The normalized spacial score (nSPS) is 11.9. The molecule has 0 aliphatic heterocycles. The zero-order valence-electron chi connectivity index (χ0n) is 18.4. The maximum absolute atomic E-state index is 4.72. The number of benzene rings is 3. The number of hydrogen-bond donors (Lipinski definition) is 0. The fraction of sp³-hybridized carbons (Fsp3) is 0.0667. The molecule has 0 unspecified atom stereocenters. The topological polar surface area (TPSA) is 25.8 Å². The van der Waals surface area contributed by atoms with Gasteiger partial charge in [-0.3, -0.25) is 9.97 Å². The first-order valence-electron chi connectivity index (χ1n) is 10.8. The highest BCUT2D eigenvalue weighted by Crippen LogP contribution is 2.35. The smallest absolute Gasteiger partial charge is 0.0886 e. The molecule has 0 amide bonds. The molecule has 5 rings (SSSR count). The predicted octanol–water partition coefficient (Wildman–Crippen LogP) is 7.31. The molecule has 0 saturated heterocycles. The zero-order chi connectivity index (χ0) is 22.2. The van der Waals surface area contributed by atoms with Crippen LogP contribution in [0.15, 0.2) is 86.2 Å². The fourth-order valence-electron chi connectivity index (χ4n) is 4.37. The molecule has 0 spiro atoms. The summed E-state index contributed by atoms with van der Waals surface area (Å²) in [7, 11) is 0. The van der Waals surface area contributed by atoms with E-state index in [9.17, 15) is 0 Å². The van der Waals surface area contributed by atoms with Gasteiger partial charge in [0.15, 0.2) is 0 Å². The molecule has 2 heterocycles.